The number of carbonyl (C=O) groups is 1. The number of phenols is 1. The maximum atomic E-state index is 10.8. The summed E-state index contributed by atoms with van der Waals surface area (Å²) in [6.45, 7) is 0. The first-order valence-corrected chi connectivity index (χ1v) is 6.43. The minimum atomic E-state index is -3.69. The highest BCUT2D eigenvalue weighted by atomic mass is 127. The highest BCUT2D eigenvalue weighted by Gasteiger charge is 2.11. The number of aliphatic carboxylic acids is 1. The Labute approximate surface area is 86.5 Å². The van der Waals surface area contributed by atoms with E-state index >= 15 is 0 Å². The summed E-state index contributed by atoms with van der Waals surface area (Å²) < 4.78 is 21.6. The van der Waals surface area contributed by atoms with Crippen LogP contribution >= 0.6 is 19.8 Å². The molecule has 0 radical (unpaired) electrons. The van der Waals surface area contributed by atoms with Crippen LogP contribution in [0.5, 0.6) is 5.75 Å². The van der Waals surface area contributed by atoms with Crippen LogP contribution in [-0.2, 0) is 17.4 Å². The molecule has 6 heteroatoms. The molecule has 1 aromatic carbocycles. The molecule has 0 aromatic heterocycles. The van der Waals surface area contributed by atoms with E-state index < -0.39 is 32.2 Å². The molecule has 0 saturated carbocycles. The Morgan fingerprint density at radius 2 is 2.00 bits per heavy atom. The molecular formula is C8H7IO5. The van der Waals surface area contributed by atoms with Gasteiger partial charge in [0.15, 0.2) is 0 Å². The van der Waals surface area contributed by atoms with Gasteiger partial charge in [0.2, 0.25) is 0 Å². The van der Waals surface area contributed by atoms with Gasteiger partial charge >= 0.3 is 25.8 Å². The van der Waals surface area contributed by atoms with Gasteiger partial charge in [0.05, 0.1) is 9.99 Å². The smallest absolute Gasteiger partial charge is 0.341 e. The van der Waals surface area contributed by atoms with Crippen LogP contribution in [0.3, 0.4) is 0 Å². The lowest BCUT2D eigenvalue weighted by atomic mass is 10.1. The van der Waals surface area contributed by atoms with Crippen LogP contribution in [-0.4, -0.2) is 16.2 Å². The molecule has 1 rings (SSSR count). The normalized spacial score (nSPS) is 10.4. The Morgan fingerprint density at radius 3 is 2.50 bits per heavy atom. The van der Waals surface area contributed by atoms with Gasteiger partial charge in [-0.1, -0.05) is 0 Å². The summed E-state index contributed by atoms with van der Waals surface area (Å²) in [5.74, 6) is -1.27. The van der Waals surface area contributed by atoms with Gasteiger partial charge in [-0.2, -0.15) is 0 Å². The monoisotopic (exact) mass is 310 g/mol. The number of aromatic hydroxyl groups is 1. The third kappa shape index (κ3) is 2.66. The number of carboxylic acids is 1. The van der Waals surface area contributed by atoms with Crippen LogP contribution in [0, 0.1) is 3.57 Å². The van der Waals surface area contributed by atoms with E-state index in [1.165, 1.54) is 12.1 Å². The highest BCUT2D eigenvalue weighted by Crippen LogP contribution is 2.25. The fourth-order valence-corrected chi connectivity index (χ4v) is 2.40. The molecule has 0 spiro atoms. The van der Waals surface area contributed by atoms with Crippen molar-refractivity contribution in [2.45, 2.75) is 6.42 Å². The Kier molecular flexibility index (Phi) is 3.39. The topological polar surface area (TPSA) is 91.7 Å². The molecule has 0 unspecified atom stereocenters. The lowest BCUT2D eigenvalue weighted by Crippen LogP contribution is -2.02. The summed E-state index contributed by atoms with van der Waals surface area (Å²) in [6, 6.07) is 3.60. The van der Waals surface area contributed by atoms with Gasteiger partial charge < -0.3 is 10.2 Å². The van der Waals surface area contributed by atoms with Crippen molar-refractivity contribution in [2.75, 3.05) is 0 Å². The molecule has 0 heterocycles. The second-order valence-electron chi connectivity index (χ2n) is 2.56. The number of hydrogen-bond acceptors (Lipinski definition) is 4. The zero-order valence-electron chi connectivity index (χ0n) is 6.94. The SMILES string of the molecule is O=C(O)Cc1cc(O)ccc1I(=O)=O. The van der Waals surface area contributed by atoms with Crippen molar-refractivity contribution >= 4 is 25.8 Å². The number of benzene rings is 1. The van der Waals surface area contributed by atoms with Crippen molar-refractivity contribution in [1.82, 2.24) is 0 Å². The number of hydrogen-bond donors (Lipinski definition) is 2. The summed E-state index contributed by atoms with van der Waals surface area (Å²) in [5, 5.41) is 17.5. The average Bonchev–Trinajstić information content (AvgIpc) is 2.01. The second-order valence-corrected chi connectivity index (χ2v) is 4.97. The van der Waals surface area contributed by atoms with Gasteiger partial charge in [-0.15, -0.1) is 0 Å². The minimum Gasteiger partial charge on any atom is -0.508 e. The molecular weight excluding hydrogens is 303 g/mol. The van der Waals surface area contributed by atoms with E-state index in [0.717, 1.165) is 6.07 Å². The summed E-state index contributed by atoms with van der Waals surface area (Å²) in [5.41, 5.74) is 0.132. The molecule has 0 fully saturated rings. The van der Waals surface area contributed by atoms with E-state index in [-0.39, 0.29) is 14.9 Å². The molecule has 0 aliphatic heterocycles. The van der Waals surface area contributed by atoms with Gasteiger partial charge in [-0.05, 0) is 23.8 Å². The van der Waals surface area contributed by atoms with Crippen molar-refractivity contribution < 1.29 is 21.1 Å². The molecule has 0 amide bonds. The van der Waals surface area contributed by atoms with Crippen molar-refractivity contribution in [3.8, 4) is 5.75 Å². The number of rotatable bonds is 3. The zero-order valence-corrected chi connectivity index (χ0v) is 9.09. The second kappa shape index (κ2) is 4.36. The van der Waals surface area contributed by atoms with Gasteiger partial charge in [-0.25, -0.2) is 6.14 Å². The fourth-order valence-electron chi connectivity index (χ4n) is 1.01. The predicted octanol–water partition coefficient (Wildman–Crippen LogP) is 1.39. The minimum absolute atomic E-state index is 0.0226. The predicted molar refractivity (Wildman–Crippen MR) is 53.5 cm³/mol. The van der Waals surface area contributed by atoms with Crippen molar-refractivity contribution in [2.24, 2.45) is 0 Å². The van der Waals surface area contributed by atoms with Crippen molar-refractivity contribution in [3.05, 3.63) is 27.3 Å². The van der Waals surface area contributed by atoms with Gasteiger partial charge in [0, 0.05) is 0 Å². The third-order valence-electron chi connectivity index (χ3n) is 1.54. The Balaban J connectivity index is 3.22. The molecule has 0 aliphatic rings. The lowest BCUT2D eigenvalue weighted by Gasteiger charge is -2.00. The third-order valence-corrected chi connectivity index (χ3v) is 3.54. The quantitative estimate of drug-likeness (QED) is 0.823. The maximum Gasteiger partial charge on any atom is 0.341 e. The Bertz CT molecular complexity index is 427. The van der Waals surface area contributed by atoms with Gasteiger partial charge in [-0.3, -0.25) is 4.79 Å². The van der Waals surface area contributed by atoms with Crippen LogP contribution in [0.25, 0.3) is 0 Å². The van der Waals surface area contributed by atoms with E-state index in [0.29, 0.717) is 0 Å². The van der Waals surface area contributed by atoms with Gasteiger partial charge in [0.1, 0.15) is 5.75 Å². The van der Waals surface area contributed by atoms with E-state index in [1.54, 1.807) is 0 Å². The average molecular weight is 310 g/mol. The van der Waals surface area contributed by atoms with Crippen LogP contribution in [0.2, 0.25) is 0 Å². The van der Waals surface area contributed by atoms with E-state index in [9.17, 15) is 10.9 Å². The molecule has 0 bridgehead atoms. The number of carboxylic acid groups (broad SMARTS) is 1. The molecule has 14 heavy (non-hydrogen) atoms. The van der Waals surface area contributed by atoms with E-state index in [1.807, 2.05) is 0 Å². The molecule has 2 N–H and O–H groups in total. The van der Waals surface area contributed by atoms with E-state index in [2.05, 4.69) is 0 Å². The molecule has 0 saturated heterocycles. The first-order valence-electron chi connectivity index (χ1n) is 3.59. The summed E-state index contributed by atoms with van der Waals surface area (Å²) in [6.07, 6.45) is -0.401. The Hall–Kier alpha value is -1.18. The first kappa shape index (κ1) is 10.9. The van der Waals surface area contributed by atoms with Gasteiger partial charge in [0.25, 0.3) is 0 Å². The molecule has 0 atom stereocenters. The molecule has 0 aliphatic carbocycles. The molecule has 1 aromatic rings. The van der Waals surface area contributed by atoms with Crippen molar-refractivity contribution in [3.63, 3.8) is 0 Å². The summed E-state index contributed by atoms with van der Waals surface area (Å²) in [4.78, 5) is 10.4. The number of phenolic OH excluding ortho intramolecular Hbond substituents is 1. The standard InChI is InChI=1S/C8H7IO5/c10-6-1-2-7(9(13)14)5(3-6)4-8(11)12/h1-3,10H,4H2,(H,11,12). The van der Waals surface area contributed by atoms with Crippen LogP contribution < -0.4 is 0 Å². The zero-order chi connectivity index (χ0) is 10.7. The first-order chi connectivity index (χ1) is 6.50. The van der Waals surface area contributed by atoms with Crippen LogP contribution in [0.15, 0.2) is 18.2 Å². The van der Waals surface area contributed by atoms with Crippen LogP contribution in [0.4, 0.5) is 0 Å². The highest BCUT2D eigenvalue weighted by molar-refractivity contribution is 14.2. The molecule has 5 nitrogen and oxygen atoms in total. The largest absolute Gasteiger partial charge is 0.508 e. The lowest BCUT2D eigenvalue weighted by molar-refractivity contribution is -0.136. The number of halogens is 1. The Morgan fingerprint density at radius 1 is 1.36 bits per heavy atom. The fraction of sp³-hybridized carbons (Fsp3) is 0.125. The summed E-state index contributed by atoms with van der Waals surface area (Å²) >= 11 is -3.69. The van der Waals surface area contributed by atoms with Crippen LogP contribution in [0.1, 0.15) is 5.56 Å². The van der Waals surface area contributed by atoms with Crippen molar-refractivity contribution in [1.29, 1.82) is 0 Å². The van der Waals surface area contributed by atoms with E-state index in [4.69, 9.17) is 10.2 Å². The summed E-state index contributed by atoms with van der Waals surface area (Å²) in [7, 11) is 0. The maximum absolute atomic E-state index is 10.8. The molecule has 76 valence electrons.